The number of amides is 1. The molecule has 0 radical (unpaired) electrons. The summed E-state index contributed by atoms with van der Waals surface area (Å²) in [5, 5.41) is 2.05. The topological polar surface area (TPSA) is 164 Å². The number of carbonyl (C=O) groups excluding carboxylic acids is 1. The summed E-state index contributed by atoms with van der Waals surface area (Å²) in [4.78, 5) is 10.1. The summed E-state index contributed by atoms with van der Waals surface area (Å²) in [7, 11) is -9.30. The average Bonchev–Trinajstić information content (AvgIpc) is 2.25. The van der Waals surface area contributed by atoms with Crippen LogP contribution in [0.15, 0.2) is 28.0 Å². The third kappa shape index (κ3) is 3.98. The quantitative estimate of drug-likeness (QED) is 0.536. The van der Waals surface area contributed by atoms with E-state index in [4.69, 9.17) is 14.8 Å². The summed E-state index contributed by atoms with van der Waals surface area (Å²) in [5.74, 6) is -0.803. The lowest BCUT2D eigenvalue weighted by Crippen LogP contribution is -2.33. The van der Waals surface area contributed by atoms with Gasteiger partial charge in [-0.3, -0.25) is 13.9 Å². The monoisotopic (exact) mass is 324 g/mol. The second-order valence-corrected chi connectivity index (χ2v) is 6.70. The number of hydrogen-bond donors (Lipinski definition) is 4. The first kappa shape index (κ1) is 16.5. The number of anilines is 1. The Hall–Kier alpha value is -1.53. The third-order valence-corrected chi connectivity index (χ3v) is 3.96. The first-order chi connectivity index (χ1) is 8.93. The maximum Gasteiger partial charge on any atom is 0.296 e. The number of nitrogens with one attached hydrogen (secondary N) is 1. The van der Waals surface area contributed by atoms with Crippen molar-refractivity contribution in [1.82, 2.24) is 0 Å². The van der Waals surface area contributed by atoms with Crippen molar-refractivity contribution >= 4 is 31.8 Å². The van der Waals surface area contributed by atoms with Crippen molar-refractivity contribution in [2.75, 3.05) is 5.32 Å². The van der Waals surface area contributed by atoms with Gasteiger partial charge in [-0.25, -0.2) is 0 Å². The van der Waals surface area contributed by atoms with Crippen LogP contribution in [0.5, 0.6) is 0 Å². The molecule has 0 aliphatic heterocycles. The van der Waals surface area contributed by atoms with Crippen molar-refractivity contribution < 1.29 is 30.7 Å². The van der Waals surface area contributed by atoms with Gasteiger partial charge in [0.1, 0.15) is 4.90 Å². The van der Waals surface area contributed by atoms with Gasteiger partial charge < -0.3 is 11.1 Å². The summed E-state index contributed by atoms with van der Waals surface area (Å²) >= 11 is 0. The van der Waals surface area contributed by atoms with E-state index in [-0.39, 0.29) is 0 Å². The first-order valence-corrected chi connectivity index (χ1v) is 7.96. The molecule has 1 rings (SSSR count). The minimum absolute atomic E-state index is 0.509. The van der Waals surface area contributed by atoms with Crippen LogP contribution in [0.1, 0.15) is 6.92 Å². The van der Waals surface area contributed by atoms with Gasteiger partial charge in [0.05, 0.1) is 16.6 Å². The van der Waals surface area contributed by atoms with Crippen LogP contribution in [0.4, 0.5) is 5.69 Å². The Morgan fingerprint density at radius 2 is 1.75 bits per heavy atom. The zero-order valence-corrected chi connectivity index (χ0v) is 11.8. The van der Waals surface area contributed by atoms with Gasteiger partial charge in [0.2, 0.25) is 5.91 Å². The second kappa shape index (κ2) is 5.46. The molecule has 1 unspecified atom stereocenters. The maximum absolute atomic E-state index is 11.4. The van der Waals surface area contributed by atoms with Gasteiger partial charge in [-0.05, 0) is 25.1 Å². The minimum atomic E-state index is -4.70. The summed E-state index contributed by atoms with van der Waals surface area (Å²) in [6.07, 6.45) is 0. The van der Waals surface area contributed by atoms with E-state index in [1.165, 1.54) is 6.92 Å². The molecule has 20 heavy (non-hydrogen) atoms. The highest BCUT2D eigenvalue weighted by atomic mass is 32.2. The molecule has 0 saturated heterocycles. The van der Waals surface area contributed by atoms with Gasteiger partial charge in [0, 0.05) is 0 Å². The van der Waals surface area contributed by atoms with Gasteiger partial charge in [-0.2, -0.15) is 16.8 Å². The number of hydrogen-bond acceptors (Lipinski definition) is 6. The van der Waals surface area contributed by atoms with Gasteiger partial charge in [-0.15, -0.1) is 0 Å². The Morgan fingerprint density at radius 1 is 1.20 bits per heavy atom. The van der Waals surface area contributed by atoms with Crippen molar-refractivity contribution in [3.05, 3.63) is 18.2 Å². The van der Waals surface area contributed by atoms with Crippen molar-refractivity contribution in [1.29, 1.82) is 0 Å². The van der Waals surface area contributed by atoms with Crippen LogP contribution in [-0.4, -0.2) is 37.9 Å². The number of rotatable bonds is 4. The van der Waals surface area contributed by atoms with Crippen LogP contribution in [-0.2, 0) is 25.0 Å². The lowest BCUT2D eigenvalue weighted by Gasteiger charge is -2.12. The molecule has 9 nitrogen and oxygen atoms in total. The third-order valence-electron chi connectivity index (χ3n) is 2.20. The fourth-order valence-electron chi connectivity index (χ4n) is 1.24. The van der Waals surface area contributed by atoms with Crippen LogP contribution in [0.25, 0.3) is 0 Å². The van der Waals surface area contributed by atoms with Gasteiger partial charge in [-0.1, -0.05) is 0 Å². The Labute approximate surface area is 115 Å². The highest BCUT2D eigenvalue weighted by Gasteiger charge is 2.21. The van der Waals surface area contributed by atoms with Crippen molar-refractivity contribution in [3.8, 4) is 0 Å². The van der Waals surface area contributed by atoms with Gasteiger partial charge >= 0.3 is 0 Å². The molecule has 0 saturated carbocycles. The first-order valence-electron chi connectivity index (χ1n) is 5.08. The zero-order chi connectivity index (χ0) is 15.7. The van der Waals surface area contributed by atoms with Crippen LogP contribution in [0, 0.1) is 0 Å². The highest BCUT2D eigenvalue weighted by Crippen LogP contribution is 2.25. The van der Waals surface area contributed by atoms with E-state index in [9.17, 15) is 21.6 Å². The average molecular weight is 324 g/mol. The van der Waals surface area contributed by atoms with E-state index >= 15 is 0 Å². The zero-order valence-electron chi connectivity index (χ0n) is 10.1. The lowest BCUT2D eigenvalue weighted by molar-refractivity contribution is -0.117. The van der Waals surface area contributed by atoms with Gasteiger partial charge in [0.15, 0.2) is 0 Å². The summed E-state index contributed by atoms with van der Waals surface area (Å²) in [6, 6.07) is 1.19. The molecule has 5 N–H and O–H groups in total. The van der Waals surface area contributed by atoms with E-state index in [0.29, 0.717) is 6.07 Å². The predicted molar refractivity (Wildman–Crippen MR) is 68.4 cm³/mol. The molecule has 0 aliphatic rings. The number of benzene rings is 1. The van der Waals surface area contributed by atoms with E-state index in [0.717, 1.165) is 12.1 Å². The molecular weight excluding hydrogens is 312 g/mol. The van der Waals surface area contributed by atoms with E-state index in [1.54, 1.807) is 0 Å². The molecule has 0 bridgehead atoms. The van der Waals surface area contributed by atoms with Gasteiger partial charge in [0.25, 0.3) is 20.2 Å². The van der Waals surface area contributed by atoms with E-state index in [2.05, 4.69) is 5.32 Å². The Balaban J connectivity index is 3.46. The van der Waals surface area contributed by atoms with Crippen LogP contribution in [0.3, 0.4) is 0 Å². The predicted octanol–water partition coefficient (Wildman–Crippen LogP) is -0.534. The Kier molecular flexibility index (Phi) is 4.51. The molecule has 0 spiro atoms. The molecular formula is C9H12N2O7S2. The number of nitrogens with two attached hydrogens (primary N) is 1. The lowest BCUT2D eigenvalue weighted by atomic mass is 10.3. The Morgan fingerprint density at radius 3 is 2.15 bits per heavy atom. The molecule has 0 fully saturated rings. The molecule has 1 atom stereocenters. The summed E-state index contributed by atoms with van der Waals surface area (Å²) in [6.45, 7) is 1.31. The molecule has 1 aromatic rings. The SMILES string of the molecule is CC(N)C(=O)Nc1cc(S(=O)(=O)O)ccc1S(=O)(=O)O. The summed E-state index contributed by atoms with van der Waals surface area (Å²) < 4.78 is 62.1. The molecule has 0 aliphatic carbocycles. The number of carbonyl (C=O) groups is 1. The second-order valence-electron chi connectivity index (χ2n) is 3.89. The molecule has 0 aromatic heterocycles. The largest absolute Gasteiger partial charge is 0.323 e. The van der Waals surface area contributed by atoms with E-state index in [1.807, 2.05) is 0 Å². The highest BCUT2D eigenvalue weighted by molar-refractivity contribution is 7.86. The van der Waals surface area contributed by atoms with Crippen molar-refractivity contribution in [3.63, 3.8) is 0 Å². The van der Waals surface area contributed by atoms with Crippen LogP contribution < -0.4 is 11.1 Å². The Bertz CT molecular complexity index is 738. The molecule has 11 heteroatoms. The molecule has 0 heterocycles. The standard InChI is InChI=1S/C9H12N2O7S2/c1-5(10)9(12)11-7-4-6(19(13,14)15)2-3-8(7)20(16,17)18/h2-5H,10H2,1H3,(H,11,12)(H,13,14,15)(H,16,17,18). The maximum atomic E-state index is 11.4. The van der Waals surface area contributed by atoms with Crippen LogP contribution >= 0.6 is 0 Å². The van der Waals surface area contributed by atoms with Crippen LogP contribution in [0.2, 0.25) is 0 Å². The molecule has 112 valence electrons. The normalized spacial score (nSPS) is 13.8. The van der Waals surface area contributed by atoms with E-state index < -0.39 is 47.7 Å². The smallest absolute Gasteiger partial charge is 0.296 e. The fraction of sp³-hybridized carbons (Fsp3) is 0.222. The fourth-order valence-corrected chi connectivity index (χ4v) is 2.37. The van der Waals surface area contributed by atoms with Crippen molar-refractivity contribution in [2.24, 2.45) is 5.73 Å². The summed E-state index contributed by atoms with van der Waals surface area (Å²) in [5.41, 5.74) is 4.77. The van der Waals surface area contributed by atoms with Crippen molar-refractivity contribution in [2.45, 2.75) is 22.8 Å². The molecule has 1 aromatic carbocycles. The minimum Gasteiger partial charge on any atom is -0.323 e. The molecule has 1 amide bonds.